The van der Waals surface area contributed by atoms with E-state index in [9.17, 15) is 4.79 Å². The molecule has 0 saturated carbocycles. The Morgan fingerprint density at radius 2 is 1.96 bits per heavy atom. The molecule has 27 heavy (non-hydrogen) atoms. The van der Waals surface area contributed by atoms with Crippen LogP contribution in [0.15, 0.2) is 42.0 Å². The minimum absolute atomic E-state index is 0.0314. The van der Waals surface area contributed by atoms with Gasteiger partial charge in [0.25, 0.3) is 0 Å². The Labute approximate surface area is 162 Å². The van der Waals surface area contributed by atoms with Crippen LogP contribution in [0.5, 0.6) is 0 Å². The van der Waals surface area contributed by atoms with Gasteiger partial charge < -0.3 is 4.90 Å². The summed E-state index contributed by atoms with van der Waals surface area (Å²) in [5, 5.41) is 0. The highest BCUT2D eigenvalue weighted by Gasteiger charge is 2.41. The van der Waals surface area contributed by atoms with Gasteiger partial charge in [-0.2, -0.15) is 0 Å². The maximum atomic E-state index is 13.4. The van der Waals surface area contributed by atoms with Crippen molar-refractivity contribution in [3.63, 3.8) is 0 Å². The summed E-state index contributed by atoms with van der Waals surface area (Å²) in [4.78, 5) is 18.2. The Hall–Kier alpha value is -1.69. The van der Waals surface area contributed by atoms with E-state index in [2.05, 4.69) is 52.7 Å². The molecule has 4 atom stereocenters. The first-order chi connectivity index (χ1) is 13.1. The summed E-state index contributed by atoms with van der Waals surface area (Å²) in [7, 11) is 0. The number of carbonyl (C=O) groups is 1. The molecule has 0 aromatic heterocycles. The van der Waals surface area contributed by atoms with Gasteiger partial charge in [-0.25, -0.2) is 5.43 Å². The number of amides is 1. The van der Waals surface area contributed by atoms with E-state index in [1.54, 1.807) is 0 Å². The Morgan fingerprint density at radius 1 is 1.15 bits per heavy atom. The predicted octanol–water partition coefficient (Wildman–Crippen LogP) is 2.34. The predicted molar refractivity (Wildman–Crippen MR) is 108 cm³/mol. The van der Waals surface area contributed by atoms with Gasteiger partial charge >= 0.3 is 0 Å². The smallest absolute Gasteiger partial charge is 0.229 e. The number of nitrogens with one attached hydrogen (secondary N) is 2. The number of hydrogen-bond donors (Lipinski definition) is 2. The van der Waals surface area contributed by atoms with E-state index < -0.39 is 0 Å². The molecule has 2 unspecified atom stereocenters. The second-order valence-corrected chi connectivity index (χ2v) is 8.60. The Kier molecular flexibility index (Phi) is 5.62. The summed E-state index contributed by atoms with van der Waals surface area (Å²) in [5.41, 5.74) is 9.10. The maximum absolute atomic E-state index is 13.4. The van der Waals surface area contributed by atoms with Crippen LogP contribution in [0.4, 0.5) is 0 Å². The normalized spacial score (nSPS) is 31.0. The largest absolute Gasteiger partial charge is 0.340 e. The summed E-state index contributed by atoms with van der Waals surface area (Å²) in [5.74, 6) is 0.884. The number of hydrogen-bond acceptors (Lipinski definition) is 4. The number of rotatable bonds is 4. The summed E-state index contributed by atoms with van der Waals surface area (Å²) in [6.45, 7) is 8.96. The second kappa shape index (κ2) is 8.13. The third kappa shape index (κ3) is 4.10. The molecule has 1 amide bonds. The van der Waals surface area contributed by atoms with E-state index in [0.29, 0.717) is 24.4 Å². The fourth-order valence-corrected chi connectivity index (χ4v) is 4.82. The summed E-state index contributed by atoms with van der Waals surface area (Å²) >= 11 is 0. The van der Waals surface area contributed by atoms with Crippen molar-refractivity contribution in [2.24, 2.45) is 11.8 Å². The van der Waals surface area contributed by atoms with E-state index in [4.69, 9.17) is 0 Å². The lowest BCUT2D eigenvalue weighted by molar-refractivity contribution is -0.135. The fourth-order valence-electron chi connectivity index (χ4n) is 4.82. The Balaban J connectivity index is 1.47. The molecule has 0 spiro atoms. The zero-order chi connectivity index (χ0) is 18.8. The highest BCUT2D eigenvalue weighted by Crippen LogP contribution is 2.31. The average molecular weight is 369 g/mol. The molecule has 4 fully saturated rings. The first kappa shape index (κ1) is 18.7. The van der Waals surface area contributed by atoms with Crippen LogP contribution in [-0.2, 0) is 4.79 Å². The van der Waals surface area contributed by atoms with Crippen LogP contribution in [0.1, 0.15) is 38.3 Å². The van der Waals surface area contributed by atoms with Crippen LogP contribution in [0, 0.1) is 11.8 Å². The van der Waals surface area contributed by atoms with Gasteiger partial charge in [0, 0.05) is 38.8 Å². The van der Waals surface area contributed by atoms with E-state index in [1.165, 1.54) is 24.0 Å². The number of nitrogens with zero attached hydrogens (tertiary/aromatic N) is 2. The Bertz CT molecular complexity index is 685. The maximum Gasteiger partial charge on any atom is 0.229 e. The molecular formula is C22H32N4O. The van der Waals surface area contributed by atoms with E-state index >= 15 is 0 Å². The highest BCUT2D eigenvalue weighted by atomic mass is 16.2. The first-order valence-electron chi connectivity index (χ1n) is 10.3. The molecule has 4 aliphatic rings. The van der Waals surface area contributed by atoms with E-state index in [1.807, 2.05) is 18.2 Å². The van der Waals surface area contributed by atoms with Crippen LogP contribution in [0.25, 0.3) is 0 Å². The highest BCUT2D eigenvalue weighted by molar-refractivity contribution is 5.80. The standard InChI is InChI=1S/C22H32N4O/c1-16(2)10-11-25-13-17-8-9-19(25)15-26(14-17)22(27)20-12-23-24-21(20)18-6-4-3-5-7-18/h3-7,10,17,19-21,23-24H,8-9,11-15H2,1-2H3/t17-,19-,20?,21?/m0/s1. The summed E-state index contributed by atoms with van der Waals surface area (Å²) < 4.78 is 0. The van der Waals surface area contributed by atoms with Gasteiger partial charge in [0.15, 0.2) is 0 Å². The van der Waals surface area contributed by atoms with Crippen molar-refractivity contribution < 1.29 is 4.79 Å². The number of fused-ring (bicyclic) bond motifs is 4. The molecule has 2 N–H and O–H groups in total. The zero-order valence-corrected chi connectivity index (χ0v) is 16.5. The molecule has 4 saturated heterocycles. The molecule has 4 aliphatic heterocycles. The fraction of sp³-hybridized carbons (Fsp3) is 0.591. The van der Waals surface area contributed by atoms with Crippen LogP contribution in [0.3, 0.4) is 0 Å². The van der Waals surface area contributed by atoms with Crippen molar-refractivity contribution >= 4 is 5.91 Å². The molecule has 0 aliphatic carbocycles. The molecule has 2 bridgehead atoms. The van der Waals surface area contributed by atoms with Gasteiger partial charge in [-0.3, -0.25) is 15.1 Å². The van der Waals surface area contributed by atoms with Crippen molar-refractivity contribution in [3.8, 4) is 0 Å². The molecule has 4 heterocycles. The van der Waals surface area contributed by atoms with Crippen molar-refractivity contribution in [1.82, 2.24) is 20.7 Å². The summed E-state index contributed by atoms with van der Waals surface area (Å²) in [6.07, 6.45) is 4.79. The Morgan fingerprint density at radius 3 is 2.74 bits per heavy atom. The number of benzene rings is 1. The third-order valence-electron chi connectivity index (χ3n) is 6.33. The second-order valence-electron chi connectivity index (χ2n) is 8.60. The van der Waals surface area contributed by atoms with Crippen molar-refractivity contribution in [1.29, 1.82) is 0 Å². The quantitative estimate of drug-likeness (QED) is 0.801. The topological polar surface area (TPSA) is 47.6 Å². The van der Waals surface area contributed by atoms with Gasteiger partial charge in [0.1, 0.15) is 0 Å². The molecule has 0 radical (unpaired) electrons. The molecule has 1 aromatic carbocycles. The minimum atomic E-state index is -0.0314. The van der Waals surface area contributed by atoms with Crippen LogP contribution in [0.2, 0.25) is 0 Å². The zero-order valence-electron chi connectivity index (χ0n) is 16.5. The van der Waals surface area contributed by atoms with Gasteiger partial charge in [-0.15, -0.1) is 0 Å². The molecular weight excluding hydrogens is 336 g/mol. The van der Waals surface area contributed by atoms with Crippen molar-refractivity contribution in [2.75, 3.05) is 32.7 Å². The number of hydrazine groups is 1. The van der Waals surface area contributed by atoms with Gasteiger partial charge in [-0.05, 0) is 38.2 Å². The van der Waals surface area contributed by atoms with Gasteiger partial charge in [0.05, 0.1) is 12.0 Å². The van der Waals surface area contributed by atoms with Gasteiger partial charge in [-0.1, -0.05) is 42.0 Å². The SMILES string of the molecule is CC(C)=CCN1C[C@@H]2CC[C@H]1CN(C(=O)C1CNNC1c1ccccc1)C2. The molecule has 5 rings (SSSR count). The summed E-state index contributed by atoms with van der Waals surface area (Å²) in [6, 6.07) is 10.9. The van der Waals surface area contributed by atoms with Crippen LogP contribution >= 0.6 is 0 Å². The van der Waals surface area contributed by atoms with E-state index in [0.717, 1.165) is 26.2 Å². The molecule has 5 nitrogen and oxygen atoms in total. The van der Waals surface area contributed by atoms with Crippen molar-refractivity contribution in [3.05, 3.63) is 47.5 Å². The average Bonchev–Trinajstić information content (AvgIpc) is 2.99. The lowest BCUT2D eigenvalue weighted by Gasteiger charge is -2.35. The third-order valence-corrected chi connectivity index (χ3v) is 6.33. The monoisotopic (exact) mass is 368 g/mol. The van der Waals surface area contributed by atoms with Crippen LogP contribution < -0.4 is 10.9 Å². The van der Waals surface area contributed by atoms with E-state index in [-0.39, 0.29) is 12.0 Å². The molecule has 5 heteroatoms. The number of carbonyl (C=O) groups excluding carboxylic acids is 1. The molecule has 146 valence electrons. The first-order valence-corrected chi connectivity index (χ1v) is 10.3. The number of piperidine rings is 1. The van der Waals surface area contributed by atoms with Crippen molar-refractivity contribution in [2.45, 2.75) is 38.8 Å². The lowest BCUT2D eigenvalue weighted by atomic mass is 9.93. The minimum Gasteiger partial charge on any atom is -0.340 e. The van der Waals surface area contributed by atoms with Crippen LogP contribution in [-0.4, -0.2) is 54.5 Å². The lowest BCUT2D eigenvalue weighted by Crippen LogP contribution is -2.45. The van der Waals surface area contributed by atoms with Gasteiger partial charge in [0.2, 0.25) is 5.91 Å². The molecule has 1 aromatic rings. The number of allylic oxidation sites excluding steroid dienone is 1.